The molecule has 0 N–H and O–H groups in total. The Balaban J connectivity index is 1.76. The van der Waals surface area contributed by atoms with Gasteiger partial charge in [-0.15, -0.1) is 0 Å². The summed E-state index contributed by atoms with van der Waals surface area (Å²) in [6.45, 7) is 2.75. The number of piperazine rings is 1. The summed E-state index contributed by atoms with van der Waals surface area (Å²) in [6.07, 6.45) is 2.99. The lowest BCUT2D eigenvalue weighted by Crippen LogP contribution is -2.51. The summed E-state index contributed by atoms with van der Waals surface area (Å²) in [7, 11) is 3.12. The van der Waals surface area contributed by atoms with E-state index in [1.807, 2.05) is 4.90 Å². The van der Waals surface area contributed by atoms with Crippen molar-refractivity contribution < 1.29 is 13.9 Å². The highest BCUT2D eigenvalue weighted by Crippen LogP contribution is 2.34. The van der Waals surface area contributed by atoms with E-state index < -0.39 is 11.9 Å². The van der Waals surface area contributed by atoms with Crippen LogP contribution in [-0.2, 0) is 11.8 Å². The third-order valence-corrected chi connectivity index (χ3v) is 5.58. The van der Waals surface area contributed by atoms with E-state index in [1.54, 1.807) is 30.3 Å². The molecule has 1 atom stereocenters. The number of carbonyl (C=O) groups excluding carboxylic acids is 1. The molecule has 2 aromatic heterocycles. The number of rotatable bonds is 4. The molecule has 9 nitrogen and oxygen atoms in total. The van der Waals surface area contributed by atoms with Crippen LogP contribution in [0.5, 0.6) is 5.75 Å². The molecule has 0 spiro atoms. The largest absolute Gasteiger partial charge is 0.496 e. The molecule has 1 amide bonds. The summed E-state index contributed by atoms with van der Waals surface area (Å²) in [5, 5.41) is 0. The Morgan fingerprint density at radius 2 is 2.00 bits per heavy atom. The van der Waals surface area contributed by atoms with Crippen LogP contribution in [0.2, 0.25) is 0 Å². The number of methoxy groups -OCH3 is 1. The summed E-state index contributed by atoms with van der Waals surface area (Å²) in [5.41, 5.74) is 1.44. The molecule has 0 bridgehead atoms. The molecule has 1 aliphatic heterocycles. The number of carbonyl (C=O) groups is 1. The monoisotopic (exact) mass is 438 g/mol. The number of ether oxygens (including phenoxy) is 1. The summed E-state index contributed by atoms with van der Waals surface area (Å²) in [5.74, 6) is 0.298. The SMILES string of the molecule is COc1cc(F)ccc1C1CN(c2nc(-c3ccncn3)cc(=O)n2C)CCN1C(C)=O. The number of hydrogen-bond acceptors (Lipinski definition) is 7. The first-order valence-electron chi connectivity index (χ1n) is 10.1. The second-order valence-corrected chi connectivity index (χ2v) is 7.49. The maximum Gasteiger partial charge on any atom is 0.255 e. The molecule has 1 aromatic carbocycles. The molecule has 3 aromatic rings. The predicted octanol–water partition coefficient (Wildman–Crippen LogP) is 1.79. The van der Waals surface area contributed by atoms with Crippen LogP contribution in [0, 0.1) is 5.82 Å². The molecule has 1 fully saturated rings. The van der Waals surface area contributed by atoms with Gasteiger partial charge in [-0.25, -0.2) is 19.3 Å². The number of benzene rings is 1. The van der Waals surface area contributed by atoms with Crippen LogP contribution in [-0.4, -0.2) is 57.1 Å². The topological polar surface area (TPSA) is 93.5 Å². The van der Waals surface area contributed by atoms with Gasteiger partial charge in [0.15, 0.2) is 0 Å². The molecule has 1 saturated heterocycles. The molecule has 3 heterocycles. The first-order valence-corrected chi connectivity index (χ1v) is 10.1. The Kier molecular flexibility index (Phi) is 5.85. The first-order chi connectivity index (χ1) is 15.4. The molecular weight excluding hydrogens is 415 g/mol. The first kappa shape index (κ1) is 21.4. The van der Waals surface area contributed by atoms with Gasteiger partial charge in [0.25, 0.3) is 5.56 Å². The fraction of sp³-hybridized carbons (Fsp3) is 0.318. The van der Waals surface area contributed by atoms with E-state index in [9.17, 15) is 14.0 Å². The average Bonchev–Trinajstić information content (AvgIpc) is 2.80. The van der Waals surface area contributed by atoms with Crippen LogP contribution < -0.4 is 15.2 Å². The molecule has 0 saturated carbocycles. The number of nitrogens with zero attached hydrogens (tertiary/aromatic N) is 6. The quantitative estimate of drug-likeness (QED) is 0.613. The van der Waals surface area contributed by atoms with Gasteiger partial charge in [0.2, 0.25) is 11.9 Å². The molecule has 10 heteroatoms. The van der Waals surface area contributed by atoms with E-state index >= 15 is 0 Å². The molecule has 32 heavy (non-hydrogen) atoms. The zero-order valence-electron chi connectivity index (χ0n) is 18.0. The maximum absolute atomic E-state index is 13.8. The summed E-state index contributed by atoms with van der Waals surface area (Å²) >= 11 is 0. The zero-order valence-corrected chi connectivity index (χ0v) is 18.0. The van der Waals surface area contributed by atoms with Crippen molar-refractivity contribution >= 4 is 11.9 Å². The fourth-order valence-corrected chi connectivity index (χ4v) is 3.95. The minimum atomic E-state index is -0.422. The third kappa shape index (κ3) is 4.03. The normalized spacial score (nSPS) is 16.2. The predicted molar refractivity (Wildman–Crippen MR) is 116 cm³/mol. The van der Waals surface area contributed by atoms with Gasteiger partial charge in [0, 0.05) is 57.5 Å². The lowest BCUT2D eigenvalue weighted by atomic mass is 10.0. The van der Waals surface area contributed by atoms with Crippen molar-refractivity contribution in [2.24, 2.45) is 7.05 Å². The van der Waals surface area contributed by atoms with E-state index in [4.69, 9.17) is 4.74 Å². The Hall–Kier alpha value is -3.82. The third-order valence-electron chi connectivity index (χ3n) is 5.58. The van der Waals surface area contributed by atoms with E-state index in [0.717, 1.165) is 0 Å². The molecule has 1 unspecified atom stereocenters. The van der Waals surface area contributed by atoms with Crippen molar-refractivity contribution in [3.63, 3.8) is 0 Å². The van der Waals surface area contributed by atoms with Crippen LogP contribution in [0.15, 0.2) is 47.7 Å². The lowest BCUT2D eigenvalue weighted by Gasteiger charge is -2.42. The molecule has 0 radical (unpaired) electrons. The molecule has 4 rings (SSSR count). The van der Waals surface area contributed by atoms with E-state index in [1.165, 1.54) is 43.1 Å². The maximum atomic E-state index is 13.8. The average molecular weight is 438 g/mol. The van der Waals surface area contributed by atoms with Crippen LogP contribution in [0.25, 0.3) is 11.4 Å². The zero-order chi connectivity index (χ0) is 22.8. The smallest absolute Gasteiger partial charge is 0.255 e. The molecule has 0 aliphatic carbocycles. The Morgan fingerprint density at radius 1 is 1.19 bits per heavy atom. The number of anilines is 1. The minimum Gasteiger partial charge on any atom is -0.496 e. The Morgan fingerprint density at radius 3 is 2.69 bits per heavy atom. The summed E-state index contributed by atoms with van der Waals surface area (Å²) < 4.78 is 20.6. The van der Waals surface area contributed by atoms with Gasteiger partial charge in [-0.2, -0.15) is 0 Å². The van der Waals surface area contributed by atoms with Crippen molar-refractivity contribution in [3.8, 4) is 17.1 Å². The van der Waals surface area contributed by atoms with E-state index in [2.05, 4.69) is 15.0 Å². The second kappa shape index (κ2) is 8.74. The fourth-order valence-electron chi connectivity index (χ4n) is 3.95. The van der Waals surface area contributed by atoms with Gasteiger partial charge in [0.05, 0.1) is 24.5 Å². The van der Waals surface area contributed by atoms with Gasteiger partial charge < -0.3 is 14.5 Å². The highest BCUT2D eigenvalue weighted by Gasteiger charge is 2.33. The van der Waals surface area contributed by atoms with Gasteiger partial charge in [-0.1, -0.05) is 6.07 Å². The van der Waals surface area contributed by atoms with Crippen LogP contribution >= 0.6 is 0 Å². The van der Waals surface area contributed by atoms with Gasteiger partial charge >= 0.3 is 0 Å². The number of amides is 1. The number of halogens is 1. The molecular formula is C22H23FN6O3. The summed E-state index contributed by atoms with van der Waals surface area (Å²) in [6, 6.07) is 6.98. The summed E-state index contributed by atoms with van der Waals surface area (Å²) in [4.78, 5) is 41.5. The standard InChI is InChI=1S/C22H23FN6O3/c1-14(30)29-9-8-28(12-19(29)16-5-4-15(23)10-20(16)32-3)22-26-18(11-21(31)27(22)2)17-6-7-24-13-25-17/h4-7,10-11,13,19H,8-9,12H2,1-3H3. The molecule has 166 valence electrons. The second-order valence-electron chi connectivity index (χ2n) is 7.49. The Labute approximate surface area is 184 Å². The van der Waals surface area contributed by atoms with E-state index in [-0.39, 0.29) is 11.5 Å². The highest BCUT2D eigenvalue weighted by molar-refractivity contribution is 5.74. The lowest BCUT2D eigenvalue weighted by molar-refractivity contribution is -0.131. The molecule has 1 aliphatic rings. The highest BCUT2D eigenvalue weighted by atomic mass is 19.1. The minimum absolute atomic E-state index is 0.0994. The number of aromatic nitrogens is 4. The van der Waals surface area contributed by atoms with Crippen LogP contribution in [0.3, 0.4) is 0 Å². The van der Waals surface area contributed by atoms with Crippen molar-refractivity contribution in [1.82, 2.24) is 24.4 Å². The van der Waals surface area contributed by atoms with Gasteiger partial charge in [-0.3, -0.25) is 14.2 Å². The number of hydrogen-bond donors (Lipinski definition) is 0. The van der Waals surface area contributed by atoms with Crippen molar-refractivity contribution in [3.05, 3.63) is 64.6 Å². The van der Waals surface area contributed by atoms with Gasteiger partial charge in [-0.05, 0) is 12.1 Å². The van der Waals surface area contributed by atoms with Gasteiger partial charge in [0.1, 0.15) is 17.9 Å². The van der Waals surface area contributed by atoms with Crippen molar-refractivity contribution in [2.45, 2.75) is 13.0 Å². The Bertz CT molecular complexity index is 1200. The van der Waals surface area contributed by atoms with Crippen molar-refractivity contribution in [1.29, 1.82) is 0 Å². The van der Waals surface area contributed by atoms with Crippen LogP contribution in [0.1, 0.15) is 18.5 Å². The van der Waals surface area contributed by atoms with Crippen molar-refractivity contribution in [2.75, 3.05) is 31.6 Å². The van der Waals surface area contributed by atoms with Crippen LogP contribution in [0.4, 0.5) is 10.3 Å². The van der Waals surface area contributed by atoms with E-state index in [0.29, 0.717) is 48.3 Å².